The number of nitrogens with one attached hydrogen (secondary N) is 1. The Morgan fingerprint density at radius 3 is 2.37 bits per heavy atom. The molecule has 0 spiro atoms. The molecule has 0 saturated heterocycles. The number of aromatic nitrogens is 1. The largest absolute Gasteiger partial charge is 0.492 e. The highest BCUT2D eigenvalue weighted by atomic mass is 16.5. The first-order valence-electron chi connectivity index (χ1n) is 10.0. The van der Waals surface area contributed by atoms with Crippen LogP contribution in [0.3, 0.4) is 0 Å². The highest BCUT2D eigenvalue weighted by molar-refractivity contribution is 6.02. The van der Waals surface area contributed by atoms with Crippen LogP contribution in [0.1, 0.15) is 12.5 Å². The molecule has 1 aromatic heterocycles. The molecule has 4 heteroatoms. The SMILES string of the molecule is CC(COc1ccccc1)(Cc1ccccc1)C(=O)Nc1cccc2cccnc12. The van der Waals surface area contributed by atoms with Gasteiger partial charge in [-0.25, -0.2) is 0 Å². The molecule has 4 rings (SSSR count). The van der Waals surface area contributed by atoms with Gasteiger partial charge in [0.25, 0.3) is 0 Å². The highest BCUT2D eigenvalue weighted by Crippen LogP contribution is 2.28. The summed E-state index contributed by atoms with van der Waals surface area (Å²) in [6.45, 7) is 2.20. The van der Waals surface area contributed by atoms with E-state index in [-0.39, 0.29) is 12.5 Å². The average molecular weight is 396 g/mol. The zero-order valence-electron chi connectivity index (χ0n) is 16.9. The number of anilines is 1. The number of carbonyl (C=O) groups excluding carboxylic acids is 1. The third kappa shape index (κ3) is 4.49. The topological polar surface area (TPSA) is 51.2 Å². The molecule has 0 saturated carbocycles. The molecule has 0 radical (unpaired) electrons. The maximum Gasteiger partial charge on any atom is 0.234 e. The van der Waals surface area contributed by atoms with Gasteiger partial charge in [-0.15, -0.1) is 0 Å². The number of rotatable bonds is 7. The smallest absolute Gasteiger partial charge is 0.234 e. The zero-order chi connectivity index (χ0) is 20.8. The van der Waals surface area contributed by atoms with E-state index in [4.69, 9.17) is 4.74 Å². The van der Waals surface area contributed by atoms with Crippen LogP contribution in [0.2, 0.25) is 0 Å². The van der Waals surface area contributed by atoms with E-state index in [1.165, 1.54) is 0 Å². The average Bonchev–Trinajstić information content (AvgIpc) is 2.79. The van der Waals surface area contributed by atoms with Crippen LogP contribution in [0, 0.1) is 5.41 Å². The Morgan fingerprint density at radius 2 is 1.60 bits per heavy atom. The van der Waals surface area contributed by atoms with E-state index in [0.717, 1.165) is 22.2 Å². The predicted molar refractivity (Wildman–Crippen MR) is 121 cm³/mol. The summed E-state index contributed by atoms with van der Waals surface area (Å²) in [5, 5.41) is 4.09. The number of amides is 1. The fourth-order valence-corrected chi connectivity index (χ4v) is 3.48. The Hall–Kier alpha value is -3.66. The lowest BCUT2D eigenvalue weighted by molar-refractivity contribution is -0.126. The normalized spacial score (nSPS) is 12.8. The molecule has 1 amide bonds. The Bertz CT molecular complexity index is 1120. The number of para-hydroxylation sites is 2. The lowest BCUT2D eigenvalue weighted by Crippen LogP contribution is -2.40. The van der Waals surface area contributed by atoms with E-state index in [2.05, 4.69) is 10.3 Å². The standard InChI is InChI=1S/C26H24N2O2/c1-26(18-20-10-4-2-5-11-20,19-30-22-14-6-3-7-15-22)25(29)28-23-16-8-12-21-13-9-17-27-24(21)23/h2-17H,18-19H2,1H3,(H,28,29). The van der Waals surface area contributed by atoms with Gasteiger partial charge < -0.3 is 10.1 Å². The number of nitrogens with zero attached hydrogens (tertiary/aromatic N) is 1. The molecule has 1 heterocycles. The van der Waals surface area contributed by atoms with Crippen molar-refractivity contribution in [3.8, 4) is 5.75 Å². The van der Waals surface area contributed by atoms with E-state index < -0.39 is 5.41 Å². The van der Waals surface area contributed by atoms with Gasteiger partial charge in [-0.05, 0) is 43.2 Å². The van der Waals surface area contributed by atoms with Crippen LogP contribution in [0.5, 0.6) is 5.75 Å². The molecule has 1 unspecified atom stereocenters. The van der Waals surface area contributed by atoms with Gasteiger partial charge in [0.1, 0.15) is 12.4 Å². The molecule has 4 nitrogen and oxygen atoms in total. The number of hydrogen-bond donors (Lipinski definition) is 1. The first kappa shape index (κ1) is 19.6. The van der Waals surface area contributed by atoms with Crippen molar-refractivity contribution in [2.24, 2.45) is 5.41 Å². The predicted octanol–water partition coefficient (Wildman–Crippen LogP) is 5.50. The third-order valence-corrected chi connectivity index (χ3v) is 5.17. The summed E-state index contributed by atoms with van der Waals surface area (Å²) in [4.78, 5) is 17.9. The summed E-state index contributed by atoms with van der Waals surface area (Å²) in [7, 11) is 0. The number of carbonyl (C=O) groups is 1. The Kier molecular flexibility index (Phi) is 5.75. The minimum Gasteiger partial charge on any atom is -0.492 e. The maximum absolute atomic E-state index is 13.5. The van der Waals surface area contributed by atoms with E-state index in [1.807, 2.05) is 97.9 Å². The van der Waals surface area contributed by atoms with Crippen molar-refractivity contribution in [1.29, 1.82) is 0 Å². The van der Waals surface area contributed by atoms with Crippen molar-refractivity contribution >= 4 is 22.5 Å². The maximum atomic E-state index is 13.5. The van der Waals surface area contributed by atoms with Crippen molar-refractivity contribution in [3.05, 3.63) is 103 Å². The summed E-state index contributed by atoms with van der Waals surface area (Å²) in [6.07, 6.45) is 2.30. The number of ether oxygens (including phenoxy) is 1. The molecule has 150 valence electrons. The second-order valence-corrected chi connectivity index (χ2v) is 7.66. The van der Waals surface area contributed by atoms with Crippen molar-refractivity contribution in [2.75, 3.05) is 11.9 Å². The number of pyridine rings is 1. The van der Waals surface area contributed by atoms with Crippen molar-refractivity contribution < 1.29 is 9.53 Å². The number of benzene rings is 3. The molecule has 0 aliphatic carbocycles. The van der Waals surface area contributed by atoms with Crippen LogP contribution in [-0.2, 0) is 11.2 Å². The molecule has 0 aliphatic heterocycles. The summed E-state index contributed by atoms with van der Waals surface area (Å²) in [5.41, 5.74) is 1.80. The zero-order valence-corrected chi connectivity index (χ0v) is 16.9. The Morgan fingerprint density at radius 1 is 0.900 bits per heavy atom. The lowest BCUT2D eigenvalue weighted by atomic mass is 9.83. The number of hydrogen-bond acceptors (Lipinski definition) is 3. The van der Waals surface area contributed by atoms with E-state index in [0.29, 0.717) is 12.1 Å². The van der Waals surface area contributed by atoms with Crippen LogP contribution in [0.25, 0.3) is 10.9 Å². The molecule has 30 heavy (non-hydrogen) atoms. The molecular weight excluding hydrogens is 372 g/mol. The third-order valence-electron chi connectivity index (χ3n) is 5.17. The summed E-state index contributed by atoms with van der Waals surface area (Å²) in [5.74, 6) is 0.650. The molecule has 4 aromatic rings. The first-order valence-corrected chi connectivity index (χ1v) is 10.0. The summed E-state index contributed by atoms with van der Waals surface area (Å²) in [6, 6.07) is 29.3. The Labute approximate surface area is 176 Å². The fourth-order valence-electron chi connectivity index (χ4n) is 3.48. The molecule has 0 fully saturated rings. The second kappa shape index (κ2) is 8.78. The Balaban J connectivity index is 1.61. The van der Waals surface area contributed by atoms with Crippen LogP contribution in [0.15, 0.2) is 97.2 Å². The molecule has 3 aromatic carbocycles. The molecular formula is C26H24N2O2. The van der Waals surface area contributed by atoms with Gasteiger partial charge in [0.15, 0.2) is 0 Å². The lowest BCUT2D eigenvalue weighted by Gasteiger charge is -2.29. The van der Waals surface area contributed by atoms with Crippen LogP contribution in [0.4, 0.5) is 5.69 Å². The van der Waals surface area contributed by atoms with Gasteiger partial charge >= 0.3 is 0 Å². The van der Waals surface area contributed by atoms with Gasteiger partial charge in [-0.2, -0.15) is 0 Å². The van der Waals surface area contributed by atoms with Crippen LogP contribution >= 0.6 is 0 Å². The first-order chi connectivity index (χ1) is 14.6. The van der Waals surface area contributed by atoms with E-state index in [1.54, 1.807) is 6.20 Å². The van der Waals surface area contributed by atoms with Gasteiger partial charge in [0.2, 0.25) is 5.91 Å². The summed E-state index contributed by atoms with van der Waals surface area (Å²) < 4.78 is 6.01. The quantitative estimate of drug-likeness (QED) is 0.449. The van der Waals surface area contributed by atoms with E-state index >= 15 is 0 Å². The minimum atomic E-state index is -0.770. The molecule has 1 atom stereocenters. The second-order valence-electron chi connectivity index (χ2n) is 7.66. The molecule has 1 N–H and O–H groups in total. The molecule has 0 bridgehead atoms. The van der Waals surface area contributed by atoms with Gasteiger partial charge in [0.05, 0.1) is 16.6 Å². The van der Waals surface area contributed by atoms with Crippen molar-refractivity contribution in [1.82, 2.24) is 4.98 Å². The van der Waals surface area contributed by atoms with Crippen LogP contribution in [-0.4, -0.2) is 17.5 Å². The van der Waals surface area contributed by atoms with Gasteiger partial charge in [-0.1, -0.05) is 66.7 Å². The molecule has 0 aliphatic rings. The van der Waals surface area contributed by atoms with Crippen molar-refractivity contribution in [3.63, 3.8) is 0 Å². The van der Waals surface area contributed by atoms with Gasteiger partial charge in [0, 0.05) is 11.6 Å². The van der Waals surface area contributed by atoms with Crippen LogP contribution < -0.4 is 10.1 Å². The summed E-state index contributed by atoms with van der Waals surface area (Å²) >= 11 is 0. The number of fused-ring (bicyclic) bond motifs is 1. The highest BCUT2D eigenvalue weighted by Gasteiger charge is 2.35. The fraction of sp³-hybridized carbons (Fsp3) is 0.154. The van der Waals surface area contributed by atoms with E-state index in [9.17, 15) is 4.79 Å². The van der Waals surface area contributed by atoms with Gasteiger partial charge in [-0.3, -0.25) is 9.78 Å². The van der Waals surface area contributed by atoms with Crippen molar-refractivity contribution in [2.45, 2.75) is 13.3 Å². The minimum absolute atomic E-state index is 0.0968. The monoisotopic (exact) mass is 396 g/mol.